The summed E-state index contributed by atoms with van der Waals surface area (Å²) in [5, 5.41) is 0. The van der Waals surface area contributed by atoms with Crippen molar-refractivity contribution >= 4 is 15.7 Å². The van der Waals surface area contributed by atoms with Gasteiger partial charge in [-0.25, -0.2) is 12.8 Å². The second-order valence-corrected chi connectivity index (χ2v) is 7.45. The van der Waals surface area contributed by atoms with Gasteiger partial charge in [0.05, 0.1) is 17.7 Å². The molecule has 2 aromatic carbocycles. The van der Waals surface area contributed by atoms with Crippen molar-refractivity contribution in [3.63, 3.8) is 0 Å². The molecule has 122 valence electrons. The van der Waals surface area contributed by atoms with Gasteiger partial charge in [0.2, 0.25) is 0 Å². The molecule has 3 rings (SSSR count). The van der Waals surface area contributed by atoms with Crippen molar-refractivity contribution in [3.05, 3.63) is 53.8 Å². The zero-order chi connectivity index (χ0) is 16.6. The van der Waals surface area contributed by atoms with Crippen LogP contribution < -0.4 is 9.04 Å². The number of fused-ring (bicyclic) bond motifs is 1. The van der Waals surface area contributed by atoms with Gasteiger partial charge in [0, 0.05) is 6.04 Å². The predicted molar refractivity (Wildman–Crippen MR) is 86.8 cm³/mol. The average molecular weight is 335 g/mol. The van der Waals surface area contributed by atoms with E-state index in [1.165, 1.54) is 35.7 Å². The molecule has 1 aliphatic heterocycles. The summed E-state index contributed by atoms with van der Waals surface area (Å²) in [6.45, 7) is 1.87. The molecule has 0 spiro atoms. The molecule has 0 N–H and O–H groups in total. The van der Waals surface area contributed by atoms with Crippen molar-refractivity contribution in [1.29, 1.82) is 0 Å². The van der Waals surface area contributed by atoms with Crippen LogP contribution in [0.3, 0.4) is 0 Å². The van der Waals surface area contributed by atoms with Gasteiger partial charge in [0.25, 0.3) is 10.0 Å². The molecule has 1 aliphatic rings. The summed E-state index contributed by atoms with van der Waals surface area (Å²) in [5.74, 6) is 0.248. The fourth-order valence-electron chi connectivity index (χ4n) is 2.92. The summed E-state index contributed by atoms with van der Waals surface area (Å²) in [6.07, 6.45) is 1.33. The van der Waals surface area contributed by atoms with E-state index >= 15 is 0 Å². The van der Waals surface area contributed by atoms with E-state index in [1.807, 2.05) is 6.92 Å². The molecule has 0 saturated heterocycles. The lowest BCUT2D eigenvalue weighted by Crippen LogP contribution is -2.42. The fourth-order valence-corrected chi connectivity index (χ4v) is 4.64. The molecule has 4 nitrogen and oxygen atoms in total. The first-order valence-corrected chi connectivity index (χ1v) is 8.84. The molecule has 0 amide bonds. The summed E-state index contributed by atoms with van der Waals surface area (Å²) in [6, 6.07) is 10.4. The molecule has 1 atom stereocenters. The molecule has 0 aliphatic carbocycles. The van der Waals surface area contributed by atoms with E-state index in [0.29, 0.717) is 24.3 Å². The number of sulfonamides is 1. The van der Waals surface area contributed by atoms with Crippen molar-refractivity contribution < 1.29 is 17.5 Å². The van der Waals surface area contributed by atoms with Gasteiger partial charge in [-0.2, -0.15) is 0 Å². The van der Waals surface area contributed by atoms with E-state index < -0.39 is 10.0 Å². The minimum atomic E-state index is -3.71. The first kappa shape index (κ1) is 15.8. The summed E-state index contributed by atoms with van der Waals surface area (Å²) in [5.41, 5.74) is 1.28. The van der Waals surface area contributed by atoms with E-state index in [1.54, 1.807) is 18.2 Å². The van der Waals surface area contributed by atoms with Gasteiger partial charge in [-0.3, -0.25) is 4.31 Å². The number of anilines is 1. The van der Waals surface area contributed by atoms with E-state index in [9.17, 15) is 12.8 Å². The normalized spacial score (nSPS) is 17.7. The summed E-state index contributed by atoms with van der Waals surface area (Å²) in [7, 11) is -2.18. The second-order valence-electron chi connectivity index (χ2n) is 5.64. The van der Waals surface area contributed by atoms with Crippen LogP contribution in [0.5, 0.6) is 5.75 Å². The number of aryl methyl sites for hydroxylation is 1. The molecule has 0 aromatic heterocycles. The van der Waals surface area contributed by atoms with Crippen molar-refractivity contribution in [2.24, 2.45) is 0 Å². The fraction of sp³-hybridized carbons (Fsp3) is 0.294. The highest BCUT2D eigenvalue weighted by molar-refractivity contribution is 7.92. The number of ether oxygens (including phenoxy) is 1. The maximum absolute atomic E-state index is 13.4. The number of rotatable bonds is 3. The average Bonchev–Trinajstić information content (AvgIpc) is 2.54. The van der Waals surface area contributed by atoms with Crippen LogP contribution in [0.2, 0.25) is 0 Å². The minimum Gasteiger partial charge on any atom is -0.497 e. The lowest BCUT2D eigenvalue weighted by molar-refractivity contribution is 0.414. The molecule has 1 heterocycles. The Morgan fingerprint density at radius 2 is 1.87 bits per heavy atom. The van der Waals surface area contributed by atoms with Gasteiger partial charge >= 0.3 is 0 Å². The highest BCUT2D eigenvalue weighted by Crippen LogP contribution is 2.35. The van der Waals surface area contributed by atoms with Crippen molar-refractivity contribution in [1.82, 2.24) is 0 Å². The molecule has 23 heavy (non-hydrogen) atoms. The van der Waals surface area contributed by atoms with E-state index in [0.717, 1.165) is 5.56 Å². The highest BCUT2D eigenvalue weighted by Gasteiger charge is 2.33. The predicted octanol–water partition coefficient (Wildman–Crippen LogP) is 3.36. The van der Waals surface area contributed by atoms with Crippen LogP contribution in [0.15, 0.2) is 47.4 Å². The Morgan fingerprint density at radius 3 is 2.52 bits per heavy atom. The number of methoxy groups -OCH3 is 1. The Kier molecular flexibility index (Phi) is 4.02. The number of hydrogen-bond acceptors (Lipinski definition) is 3. The SMILES string of the molecule is COc1ccc(S(=O)(=O)N2c3ccc(F)cc3CC[C@@H]2C)cc1. The molecule has 6 heteroatoms. The molecule has 0 saturated carbocycles. The summed E-state index contributed by atoms with van der Waals surface area (Å²) in [4.78, 5) is 0.197. The van der Waals surface area contributed by atoms with Crippen molar-refractivity contribution in [2.75, 3.05) is 11.4 Å². The number of benzene rings is 2. The molecule has 0 bridgehead atoms. The number of hydrogen-bond donors (Lipinski definition) is 0. The highest BCUT2D eigenvalue weighted by atomic mass is 32.2. The number of halogens is 1. The third kappa shape index (κ3) is 2.79. The first-order chi connectivity index (χ1) is 10.9. The Morgan fingerprint density at radius 1 is 1.17 bits per heavy atom. The Labute approximate surface area is 135 Å². The van der Waals surface area contributed by atoms with Crippen LogP contribution in [-0.2, 0) is 16.4 Å². The molecule has 0 fully saturated rings. The van der Waals surface area contributed by atoms with Crippen molar-refractivity contribution in [2.45, 2.75) is 30.7 Å². The molecular weight excluding hydrogens is 317 g/mol. The molecular formula is C17H18FNO3S. The van der Waals surface area contributed by atoms with Gasteiger partial charge in [-0.1, -0.05) is 0 Å². The Hall–Kier alpha value is -2.08. The Balaban J connectivity index is 2.08. The van der Waals surface area contributed by atoms with Crippen LogP contribution >= 0.6 is 0 Å². The van der Waals surface area contributed by atoms with Gasteiger partial charge in [0.15, 0.2) is 0 Å². The van der Waals surface area contributed by atoms with Gasteiger partial charge in [-0.15, -0.1) is 0 Å². The quantitative estimate of drug-likeness (QED) is 0.864. The van der Waals surface area contributed by atoms with Crippen molar-refractivity contribution in [3.8, 4) is 5.75 Å². The monoisotopic (exact) mass is 335 g/mol. The lowest BCUT2D eigenvalue weighted by Gasteiger charge is -2.36. The third-order valence-electron chi connectivity index (χ3n) is 4.13. The first-order valence-electron chi connectivity index (χ1n) is 7.40. The van der Waals surface area contributed by atoms with Gasteiger partial charge in [0.1, 0.15) is 11.6 Å². The topological polar surface area (TPSA) is 46.6 Å². The summed E-state index contributed by atoms with van der Waals surface area (Å²) >= 11 is 0. The Bertz CT molecular complexity index is 818. The van der Waals surface area contributed by atoms with E-state index in [-0.39, 0.29) is 16.8 Å². The molecule has 2 aromatic rings. The lowest BCUT2D eigenvalue weighted by atomic mass is 9.99. The van der Waals surface area contributed by atoms with E-state index in [4.69, 9.17) is 4.74 Å². The largest absolute Gasteiger partial charge is 0.497 e. The van der Waals surface area contributed by atoms with Gasteiger partial charge in [-0.05, 0) is 67.8 Å². The smallest absolute Gasteiger partial charge is 0.264 e. The zero-order valence-corrected chi connectivity index (χ0v) is 13.8. The third-order valence-corrected chi connectivity index (χ3v) is 6.07. The molecule has 0 unspecified atom stereocenters. The van der Waals surface area contributed by atoms with Gasteiger partial charge < -0.3 is 4.74 Å². The van der Waals surface area contributed by atoms with E-state index in [2.05, 4.69) is 0 Å². The number of nitrogens with zero attached hydrogens (tertiary/aromatic N) is 1. The molecule has 0 radical (unpaired) electrons. The van der Waals surface area contributed by atoms with Crippen LogP contribution in [0.4, 0.5) is 10.1 Å². The zero-order valence-electron chi connectivity index (χ0n) is 13.0. The minimum absolute atomic E-state index is 0.180. The maximum atomic E-state index is 13.4. The maximum Gasteiger partial charge on any atom is 0.264 e. The summed E-state index contributed by atoms with van der Waals surface area (Å²) < 4.78 is 46.0. The van der Waals surface area contributed by atoms with Crippen LogP contribution in [0, 0.1) is 5.82 Å². The second kappa shape index (κ2) is 5.85. The van der Waals surface area contributed by atoms with Crippen LogP contribution in [0.1, 0.15) is 18.9 Å². The van der Waals surface area contributed by atoms with Crippen LogP contribution in [-0.4, -0.2) is 21.6 Å². The van der Waals surface area contributed by atoms with Crippen LogP contribution in [0.25, 0.3) is 0 Å². The standard InChI is InChI=1S/C17H18FNO3S/c1-12-3-4-13-11-14(18)5-10-17(13)19(12)23(20,21)16-8-6-15(22-2)7-9-16/h5-12H,3-4H2,1-2H3/t12-/m0/s1.